The minimum absolute atomic E-state index is 0.794. The molecule has 2 rings (SSSR count). The molecule has 1 aromatic carbocycles. The summed E-state index contributed by atoms with van der Waals surface area (Å²) < 4.78 is 2.37. The summed E-state index contributed by atoms with van der Waals surface area (Å²) in [7, 11) is 0. The van der Waals surface area contributed by atoms with Gasteiger partial charge in [0.2, 0.25) is 0 Å². The maximum atomic E-state index is 8.92. The maximum absolute atomic E-state index is 8.92. The normalized spacial score (nSPS) is 10.2. The number of hydrogen-bond acceptors (Lipinski definition) is 2. The van der Waals surface area contributed by atoms with Crippen molar-refractivity contribution in [3.63, 3.8) is 0 Å². The van der Waals surface area contributed by atoms with Crippen LogP contribution in [0.1, 0.15) is 11.1 Å². The second-order valence-corrected chi connectivity index (χ2v) is 4.83. The van der Waals surface area contributed by atoms with Crippen LogP contribution in [0.5, 0.6) is 0 Å². The standard InChI is InChI=1S/C10H6INS/c1-6-4-7(5-12)10-8(9(6)11)2-3-13-10/h2-4H,1H3. The van der Waals surface area contributed by atoms with Crippen molar-refractivity contribution in [2.75, 3.05) is 0 Å². The molecule has 64 valence electrons. The van der Waals surface area contributed by atoms with Crippen molar-refractivity contribution >= 4 is 44.0 Å². The first-order valence-electron chi connectivity index (χ1n) is 3.80. The largest absolute Gasteiger partial charge is 0.192 e. The number of aryl methyl sites for hydroxylation is 1. The monoisotopic (exact) mass is 299 g/mol. The molecule has 1 nitrogen and oxygen atoms in total. The first-order valence-corrected chi connectivity index (χ1v) is 5.76. The van der Waals surface area contributed by atoms with Crippen molar-refractivity contribution in [3.8, 4) is 6.07 Å². The Hall–Kier alpha value is -0.600. The third kappa shape index (κ3) is 1.34. The number of halogens is 1. The SMILES string of the molecule is Cc1cc(C#N)c2sccc2c1I. The van der Waals surface area contributed by atoms with Crippen molar-refractivity contribution in [2.24, 2.45) is 0 Å². The van der Waals surface area contributed by atoms with E-state index in [1.807, 2.05) is 18.4 Å². The van der Waals surface area contributed by atoms with Gasteiger partial charge < -0.3 is 0 Å². The molecule has 3 heteroatoms. The number of hydrogen-bond donors (Lipinski definition) is 0. The lowest BCUT2D eigenvalue weighted by molar-refractivity contribution is 1.44. The number of fused-ring (bicyclic) bond motifs is 1. The lowest BCUT2D eigenvalue weighted by atomic mass is 10.1. The van der Waals surface area contributed by atoms with Crippen LogP contribution in [0.15, 0.2) is 17.5 Å². The Kier molecular flexibility index (Phi) is 2.26. The summed E-state index contributed by atoms with van der Waals surface area (Å²) in [6.07, 6.45) is 0. The maximum Gasteiger partial charge on any atom is 0.101 e. The highest BCUT2D eigenvalue weighted by Gasteiger charge is 2.07. The third-order valence-corrected chi connectivity index (χ3v) is 4.35. The van der Waals surface area contributed by atoms with Crippen molar-refractivity contribution in [2.45, 2.75) is 6.92 Å². The molecule has 2 aromatic rings. The van der Waals surface area contributed by atoms with Crippen LogP contribution in [0.25, 0.3) is 10.1 Å². The molecule has 0 atom stereocenters. The summed E-state index contributed by atoms with van der Waals surface area (Å²) >= 11 is 3.96. The van der Waals surface area contributed by atoms with Gasteiger partial charge in [-0.25, -0.2) is 0 Å². The van der Waals surface area contributed by atoms with Gasteiger partial charge in [0.25, 0.3) is 0 Å². The molecular formula is C10H6INS. The van der Waals surface area contributed by atoms with Gasteiger partial charge in [-0.05, 0) is 52.6 Å². The third-order valence-electron chi connectivity index (χ3n) is 1.97. The van der Waals surface area contributed by atoms with Gasteiger partial charge in [-0.3, -0.25) is 0 Å². The van der Waals surface area contributed by atoms with Crippen LogP contribution in [-0.2, 0) is 0 Å². The lowest BCUT2D eigenvalue weighted by Crippen LogP contribution is -1.84. The van der Waals surface area contributed by atoms with E-state index in [0.29, 0.717) is 0 Å². The molecule has 1 heterocycles. The smallest absolute Gasteiger partial charge is 0.101 e. The zero-order valence-electron chi connectivity index (χ0n) is 6.97. The van der Waals surface area contributed by atoms with Crippen LogP contribution in [0.3, 0.4) is 0 Å². The van der Waals surface area contributed by atoms with E-state index in [1.165, 1.54) is 14.5 Å². The Morgan fingerprint density at radius 3 is 3.00 bits per heavy atom. The molecule has 0 amide bonds. The number of nitriles is 1. The van der Waals surface area contributed by atoms with Crippen LogP contribution in [-0.4, -0.2) is 0 Å². The average Bonchev–Trinajstić information content (AvgIpc) is 2.60. The van der Waals surface area contributed by atoms with E-state index < -0.39 is 0 Å². The highest BCUT2D eigenvalue weighted by atomic mass is 127. The fourth-order valence-electron chi connectivity index (χ4n) is 1.33. The van der Waals surface area contributed by atoms with Crippen molar-refractivity contribution in [1.82, 2.24) is 0 Å². The summed E-state index contributed by atoms with van der Waals surface area (Å²) in [5, 5.41) is 12.2. The van der Waals surface area contributed by atoms with Gasteiger partial charge in [0.15, 0.2) is 0 Å². The molecule has 0 unspecified atom stereocenters. The highest BCUT2D eigenvalue weighted by Crippen LogP contribution is 2.30. The van der Waals surface area contributed by atoms with Crippen molar-refractivity contribution in [1.29, 1.82) is 5.26 Å². The number of rotatable bonds is 0. The Labute approximate surface area is 94.1 Å². The Morgan fingerprint density at radius 1 is 1.54 bits per heavy atom. The van der Waals surface area contributed by atoms with Crippen LogP contribution >= 0.6 is 33.9 Å². The second-order valence-electron chi connectivity index (χ2n) is 2.83. The summed E-state index contributed by atoms with van der Waals surface area (Å²) in [6.45, 7) is 2.04. The number of benzene rings is 1. The zero-order chi connectivity index (χ0) is 9.42. The van der Waals surface area contributed by atoms with Gasteiger partial charge in [-0.2, -0.15) is 5.26 Å². The predicted octanol–water partition coefficient (Wildman–Crippen LogP) is 3.69. The molecule has 0 radical (unpaired) electrons. The van der Waals surface area contributed by atoms with Gasteiger partial charge in [0.05, 0.1) is 10.3 Å². The second kappa shape index (κ2) is 3.28. The summed E-state index contributed by atoms with van der Waals surface area (Å²) in [6, 6.07) is 6.27. The van der Waals surface area contributed by atoms with E-state index in [2.05, 4.69) is 34.7 Å². The molecule has 0 spiro atoms. The molecule has 0 saturated heterocycles. The summed E-state index contributed by atoms with van der Waals surface area (Å²) in [4.78, 5) is 0. The van der Waals surface area contributed by atoms with Crippen LogP contribution in [0.2, 0.25) is 0 Å². The van der Waals surface area contributed by atoms with Crippen molar-refractivity contribution in [3.05, 3.63) is 32.2 Å². The van der Waals surface area contributed by atoms with Crippen LogP contribution in [0.4, 0.5) is 0 Å². The molecular weight excluding hydrogens is 293 g/mol. The molecule has 0 N–H and O–H groups in total. The zero-order valence-corrected chi connectivity index (χ0v) is 9.94. The van der Waals surface area contributed by atoms with E-state index in [1.54, 1.807) is 11.3 Å². The van der Waals surface area contributed by atoms with E-state index in [0.717, 1.165) is 10.3 Å². The fourth-order valence-corrected chi connectivity index (χ4v) is 2.99. The molecule has 1 aromatic heterocycles. The quantitative estimate of drug-likeness (QED) is 0.681. The molecule has 0 aliphatic carbocycles. The van der Waals surface area contributed by atoms with Crippen LogP contribution < -0.4 is 0 Å². The Bertz CT molecular complexity index is 507. The Balaban J connectivity index is 2.97. The van der Waals surface area contributed by atoms with Gasteiger partial charge in [-0.15, -0.1) is 11.3 Å². The minimum Gasteiger partial charge on any atom is -0.192 e. The summed E-state index contributed by atoms with van der Waals surface area (Å²) in [5.74, 6) is 0. The molecule has 0 saturated carbocycles. The van der Waals surface area contributed by atoms with Crippen LogP contribution in [0, 0.1) is 21.8 Å². The molecule has 0 bridgehead atoms. The fraction of sp³-hybridized carbons (Fsp3) is 0.100. The van der Waals surface area contributed by atoms with Gasteiger partial charge >= 0.3 is 0 Å². The van der Waals surface area contributed by atoms with Crippen molar-refractivity contribution < 1.29 is 0 Å². The topological polar surface area (TPSA) is 23.8 Å². The van der Waals surface area contributed by atoms with Gasteiger partial charge in [-0.1, -0.05) is 0 Å². The molecule has 0 aliphatic heterocycles. The van der Waals surface area contributed by atoms with Gasteiger partial charge in [0, 0.05) is 8.96 Å². The number of nitrogens with zero attached hydrogens (tertiary/aromatic N) is 1. The predicted molar refractivity (Wildman–Crippen MR) is 64.0 cm³/mol. The van der Waals surface area contributed by atoms with E-state index in [9.17, 15) is 0 Å². The first kappa shape index (κ1) is 8.97. The minimum atomic E-state index is 0.794. The van der Waals surface area contributed by atoms with Gasteiger partial charge in [0.1, 0.15) is 6.07 Å². The summed E-state index contributed by atoms with van der Waals surface area (Å²) in [5.41, 5.74) is 1.98. The Morgan fingerprint density at radius 2 is 2.31 bits per heavy atom. The molecule has 13 heavy (non-hydrogen) atoms. The van der Waals surface area contributed by atoms with E-state index >= 15 is 0 Å². The van der Waals surface area contributed by atoms with E-state index in [-0.39, 0.29) is 0 Å². The number of thiophene rings is 1. The average molecular weight is 299 g/mol. The first-order chi connectivity index (χ1) is 6.24. The lowest BCUT2D eigenvalue weighted by Gasteiger charge is -2.00. The van der Waals surface area contributed by atoms with E-state index in [4.69, 9.17) is 5.26 Å². The molecule has 0 aliphatic rings. The molecule has 0 fully saturated rings. The highest BCUT2D eigenvalue weighted by molar-refractivity contribution is 14.1.